The zero-order chi connectivity index (χ0) is 21.1. The lowest BCUT2D eigenvalue weighted by atomic mass is 9.96. The molecule has 0 radical (unpaired) electrons. The fourth-order valence-electron chi connectivity index (χ4n) is 4.23. The zero-order valence-electron chi connectivity index (χ0n) is 17.7. The van der Waals surface area contributed by atoms with Gasteiger partial charge in [0.05, 0.1) is 6.04 Å². The summed E-state index contributed by atoms with van der Waals surface area (Å²) in [6.07, 6.45) is -0.670. The summed E-state index contributed by atoms with van der Waals surface area (Å²) in [6.45, 7) is 5.87. The second kappa shape index (κ2) is 8.98. The number of carbonyl (C=O) groups excluding carboxylic acids is 2. The number of piperazine rings is 1. The average molecular weight is 408 g/mol. The van der Waals surface area contributed by atoms with Crippen LogP contribution in [0.2, 0.25) is 0 Å². The first-order chi connectivity index (χ1) is 14.5. The minimum atomic E-state index is -0.670. The molecule has 0 aromatic heterocycles. The van der Waals surface area contributed by atoms with Crippen LogP contribution >= 0.6 is 0 Å². The first kappa shape index (κ1) is 20.6. The molecule has 6 nitrogen and oxygen atoms in total. The third kappa shape index (κ3) is 4.40. The highest BCUT2D eigenvalue weighted by Crippen LogP contribution is 2.30. The normalized spacial score (nSPS) is 22.9. The fourth-order valence-corrected chi connectivity index (χ4v) is 4.23. The van der Waals surface area contributed by atoms with Crippen LogP contribution in [0.15, 0.2) is 54.6 Å². The topological polar surface area (TPSA) is 53.1 Å². The second-order valence-corrected chi connectivity index (χ2v) is 8.18. The third-order valence-electron chi connectivity index (χ3n) is 6.08. The lowest BCUT2D eigenvalue weighted by Crippen LogP contribution is -2.57. The van der Waals surface area contributed by atoms with Gasteiger partial charge >= 0.3 is 0 Å². The van der Waals surface area contributed by atoms with E-state index in [1.165, 1.54) is 5.56 Å². The summed E-state index contributed by atoms with van der Waals surface area (Å²) in [5.74, 6) is -0.128. The van der Waals surface area contributed by atoms with Crippen molar-refractivity contribution in [2.45, 2.75) is 25.6 Å². The van der Waals surface area contributed by atoms with Gasteiger partial charge in [0.15, 0.2) is 6.10 Å². The predicted molar refractivity (Wildman–Crippen MR) is 115 cm³/mol. The van der Waals surface area contributed by atoms with Gasteiger partial charge < -0.3 is 14.5 Å². The quantitative estimate of drug-likeness (QED) is 0.780. The number of hydrogen-bond acceptors (Lipinski definition) is 4. The number of morpholine rings is 1. The van der Waals surface area contributed by atoms with Crippen LogP contribution in [-0.2, 0) is 20.9 Å². The number of benzene rings is 2. The molecule has 158 valence electrons. The zero-order valence-corrected chi connectivity index (χ0v) is 17.7. The van der Waals surface area contributed by atoms with Gasteiger partial charge in [0.1, 0.15) is 6.61 Å². The molecule has 0 bridgehead atoms. The number of ether oxygens (including phenoxy) is 1. The summed E-state index contributed by atoms with van der Waals surface area (Å²) in [6, 6.07) is 18.0. The number of carbonyl (C=O) groups is 2. The van der Waals surface area contributed by atoms with Crippen molar-refractivity contribution in [2.75, 3.05) is 39.8 Å². The summed E-state index contributed by atoms with van der Waals surface area (Å²) in [5, 5.41) is 0. The highest BCUT2D eigenvalue weighted by molar-refractivity contribution is 5.86. The molecular weight excluding hydrogens is 378 g/mol. The van der Waals surface area contributed by atoms with E-state index in [-0.39, 0.29) is 18.4 Å². The van der Waals surface area contributed by atoms with E-state index in [1.807, 2.05) is 42.2 Å². The minimum absolute atomic E-state index is 0.0284. The van der Waals surface area contributed by atoms with Gasteiger partial charge in [-0.15, -0.1) is 0 Å². The Kier molecular flexibility index (Phi) is 6.16. The predicted octanol–water partition coefficient (Wildman–Crippen LogP) is 2.24. The molecule has 2 fully saturated rings. The second-order valence-electron chi connectivity index (χ2n) is 8.18. The van der Waals surface area contributed by atoms with Gasteiger partial charge in [0.25, 0.3) is 5.91 Å². The lowest BCUT2D eigenvalue weighted by Gasteiger charge is -2.42. The first-order valence-electron chi connectivity index (χ1n) is 10.5. The molecule has 4 rings (SSSR count). The van der Waals surface area contributed by atoms with E-state index in [4.69, 9.17) is 4.74 Å². The monoisotopic (exact) mass is 407 g/mol. The SMILES string of the molecule is Cc1ccc([C@H]2[C@H](C(=O)N3CCN(Cc4ccccc4)CC3)OCC(=O)N2C)cc1. The Bertz CT molecular complexity index is 876. The van der Waals surface area contributed by atoms with E-state index in [2.05, 4.69) is 29.2 Å². The molecule has 2 heterocycles. The van der Waals surface area contributed by atoms with Crippen LogP contribution in [0.4, 0.5) is 0 Å². The molecule has 0 unspecified atom stereocenters. The highest BCUT2D eigenvalue weighted by Gasteiger charge is 2.42. The standard InChI is InChI=1S/C24H29N3O3/c1-18-8-10-20(11-9-18)22-23(30-17-21(28)25(22)2)24(29)27-14-12-26(13-15-27)16-19-6-4-3-5-7-19/h3-11,22-23H,12-17H2,1-2H3/t22-,23+/m0/s1. The molecule has 0 N–H and O–H groups in total. The molecule has 2 aromatic carbocycles. The maximum Gasteiger partial charge on any atom is 0.254 e. The molecule has 2 aromatic rings. The smallest absolute Gasteiger partial charge is 0.254 e. The van der Waals surface area contributed by atoms with Crippen LogP contribution in [0.3, 0.4) is 0 Å². The van der Waals surface area contributed by atoms with Crippen molar-refractivity contribution >= 4 is 11.8 Å². The van der Waals surface area contributed by atoms with Crippen LogP contribution < -0.4 is 0 Å². The Labute approximate surface area is 178 Å². The van der Waals surface area contributed by atoms with E-state index in [0.29, 0.717) is 13.1 Å². The molecule has 0 aliphatic carbocycles. The van der Waals surface area contributed by atoms with Crippen molar-refractivity contribution < 1.29 is 14.3 Å². The van der Waals surface area contributed by atoms with Crippen molar-refractivity contribution in [3.8, 4) is 0 Å². The molecule has 2 amide bonds. The Balaban J connectivity index is 1.43. The maximum absolute atomic E-state index is 13.4. The van der Waals surface area contributed by atoms with Gasteiger partial charge in [-0.2, -0.15) is 0 Å². The van der Waals surface area contributed by atoms with Crippen molar-refractivity contribution in [1.82, 2.24) is 14.7 Å². The third-order valence-corrected chi connectivity index (χ3v) is 6.08. The highest BCUT2D eigenvalue weighted by atomic mass is 16.5. The van der Waals surface area contributed by atoms with Crippen LogP contribution in [0.25, 0.3) is 0 Å². The van der Waals surface area contributed by atoms with Crippen molar-refractivity contribution in [3.63, 3.8) is 0 Å². The van der Waals surface area contributed by atoms with Crippen LogP contribution in [0, 0.1) is 6.92 Å². The molecule has 2 aliphatic heterocycles. The van der Waals surface area contributed by atoms with E-state index >= 15 is 0 Å². The summed E-state index contributed by atoms with van der Waals surface area (Å²) in [4.78, 5) is 31.6. The molecule has 6 heteroatoms. The van der Waals surface area contributed by atoms with Crippen LogP contribution in [0.5, 0.6) is 0 Å². The van der Waals surface area contributed by atoms with Crippen molar-refractivity contribution in [2.24, 2.45) is 0 Å². The lowest BCUT2D eigenvalue weighted by molar-refractivity contribution is -0.168. The Morgan fingerprint density at radius 2 is 1.67 bits per heavy atom. The Morgan fingerprint density at radius 1 is 1.00 bits per heavy atom. The number of aryl methyl sites for hydroxylation is 1. The molecule has 0 spiro atoms. The molecule has 0 saturated carbocycles. The first-order valence-corrected chi connectivity index (χ1v) is 10.5. The van der Waals surface area contributed by atoms with Gasteiger partial charge in [0.2, 0.25) is 5.91 Å². The van der Waals surface area contributed by atoms with E-state index < -0.39 is 12.1 Å². The largest absolute Gasteiger partial charge is 0.356 e. The maximum atomic E-state index is 13.4. The van der Waals surface area contributed by atoms with Gasteiger partial charge in [-0.25, -0.2) is 0 Å². The molecule has 30 heavy (non-hydrogen) atoms. The Morgan fingerprint density at radius 3 is 2.33 bits per heavy atom. The Hall–Kier alpha value is -2.70. The van der Waals surface area contributed by atoms with E-state index in [1.54, 1.807) is 11.9 Å². The number of hydrogen-bond donors (Lipinski definition) is 0. The average Bonchev–Trinajstić information content (AvgIpc) is 2.77. The number of amides is 2. The summed E-state index contributed by atoms with van der Waals surface area (Å²) < 4.78 is 5.80. The molecular formula is C24H29N3O3. The van der Waals surface area contributed by atoms with Gasteiger partial charge in [-0.3, -0.25) is 14.5 Å². The summed E-state index contributed by atoms with van der Waals surface area (Å²) >= 11 is 0. The fraction of sp³-hybridized carbons (Fsp3) is 0.417. The van der Waals surface area contributed by atoms with E-state index in [0.717, 1.165) is 30.8 Å². The minimum Gasteiger partial charge on any atom is -0.356 e. The summed E-state index contributed by atoms with van der Waals surface area (Å²) in [5.41, 5.74) is 3.35. The molecule has 2 aliphatic rings. The number of rotatable bonds is 4. The van der Waals surface area contributed by atoms with E-state index in [9.17, 15) is 9.59 Å². The van der Waals surface area contributed by atoms with Crippen molar-refractivity contribution in [3.05, 3.63) is 71.3 Å². The van der Waals surface area contributed by atoms with Gasteiger partial charge in [-0.05, 0) is 18.1 Å². The summed E-state index contributed by atoms with van der Waals surface area (Å²) in [7, 11) is 1.76. The molecule has 2 saturated heterocycles. The van der Waals surface area contributed by atoms with Gasteiger partial charge in [0, 0.05) is 39.8 Å². The number of nitrogens with zero attached hydrogens (tertiary/aromatic N) is 3. The number of likely N-dealkylation sites (N-methyl/N-ethyl adjacent to an activating group) is 1. The van der Waals surface area contributed by atoms with Crippen LogP contribution in [0.1, 0.15) is 22.7 Å². The van der Waals surface area contributed by atoms with Crippen LogP contribution in [-0.4, -0.2) is 72.5 Å². The van der Waals surface area contributed by atoms with Crippen molar-refractivity contribution in [1.29, 1.82) is 0 Å². The van der Waals surface area contributed by atoms with Gasteiger partial charge in [-0.1, -0.05) is 60.2 Å². The molecule has 2 atom stereocenters.